The lowest BCUT2D eigenvalue weighted by Gasteiger charge is -2.37. The normalized spacial score (nSPS) is 28.3. The smallest absolute Gasteiger partial charge is 0.160 e. The van der Waals surface area contributed by atoms with E-state index in [1.807, 2.05) is 12.3 Å². The quantitative estimate of drug-likeness (QED) is 0.899. The summed E-state index contributed by atoms with van der Waals surface area (Å²) in [6.07, 6.45) is 7.99. The fourth-order valence-electron chi connectivity index (χ4n) is 2.89. The molecule has 0 aromatic carbocycles. The van der Waals surface area contributed by atoms with Crippen LogP contribution in [0.1, 0.15) is 57.5 Å². The minimum Gasteiger partial charge on any atom is -0.370 e. The van der Waals surface area contributed by atoms with Crippen LogP contribution in [0, 0.1) is 5.92 Å². The first-order valence-corrected chi connectivity index (χ1v) is 7.72. The molecule has 1 fully saturated rings. The maximum absolute atomic E-state index is 6.03. The first-order valence-electron chi connectivity index (χ1n) is 7.72. The minimum atomic E-state index is -0.293. The fourth-order valence-corrected chi connectivity index (χ4v) is 2.89. The number of aromatic nitrogens is 2. The molecule has 4 heteroatoms. The van der Waals surface area contributed by atoms with Crippen LogP contribution in [0.15, 0.2) is 12.3 Å². The number of ether oxygens (including phenoxy) is 1. The van der Waals surface area contributed by atoms with Crippen molar-refractivity contribution in [1.29, 1.82) is 0 Å². The lowest BCUT2D eigenvalue weighted by Crippen LogP contribution is -2.35. The van der Waals surface area contributed by atoms with Crippen LogP contribution in [0.25, 0.3) is 0 Å². The second-order valence-electron chi connectivity index (χ2n) is 6.12. The Kier molecular flexibility index (Phi) is 5.11. The maximum Gasteiger partial charge on any atom is 0.160 e. The molecule has 112 valence electrons. The third-order valence-corrected chi connectivity index (χ3v) is 4.59. The number of nitrogens with zero attached hydrogens (tertiary/aromatic N) is 2. The summed E-state index contributed by atoms with van der Waals surface area (Å²) < 4.78 is 5.84. The van der Waals surface area contributed by atoms with Gasteiger partial charge in [-0.3, -0.25) is 0 Å². The number of methoxy groups -OCH3 is 1. The van der Waals surface area contributed by atoms with E-state index in [1.165, 1.54) is 12.8 Å². The van der Waals surface area contributed by atoms with Crippen LogP contribution in [0.4, 0.5) is 0 Å². The van der Waals surface area contributed by atoms with E-state index < -0.39 is 0 Å². The Hall–Kier alpha value is -1.00. The first kappa shape index (κ1) is 15.4. The van der Waals surface area contributed by atoms with E-state index >= 15 is 0 Å². The fraction of sp³-hybridized carbons (Fsp3) is 0.750. The number of nitrogens with two attached hydrogens (primary N) is 1. The van der Waals surface area contributed by atoms with Gasteiger partial charge < -0.3 is 10.5 Å². The van der Waals surface area contributed by atoms with Crippen molar-refractivity contribution in [3.63, 3.8) is 0 Å². The molecule has 1 aromatic heterocycles. The molecule has 1 unspecified atom stereocenters. The molecule has 0 amide bonds. The molecule has 1 aliphatic carbocycles. The molecule has 1 aliphatic rings. The van der Waals surface area contributed by atoms with Crippen molar-refractivity contribution in [1.82, 2.24) is 9.97 Å². The van der Waals surface area contributed by atoms with Crippen molar-refractivity contribution >= 4 is 0 Å². The van der Waals surface area contributed by atoms with E-state index in [0.717, 1.165) is 43.1 Å². The molecule has 2 rings (SSSR count). The molecule has 0 aliphatic heterocycles. The number of hydrogen-bond acceptors (Lipinski definition) is 4. The van der Waals surface area contributed by atoms with Crippen molar-refractivity contribution in [3.8, 4) is 0 Å². The van der Waals surface area contributed by atoms with Crippen molar-refractivity contribution in [2.75, 3.05) is 7.11 Å². The van der Waals surface area contributed by atoms with Gasteiger partial charge in [-0.2, -0.15) is 0 Å². The average Bonchev–Trinajstić information content (AvgIpc) is 2.48. The highest BCUT2D eigenvalue weighted by molar-refractivity contribution is 5.11. The second-order valence-corrected chi connectivity index (χ2v) is 6.12. The first-order chi connectivity index (χ1) is 9.59. The van der Waals surface area contributed by atoms with E-state index in [-0.39, 0.29) is 11.6 Å². The summed E-state index contributed by atoms with van der Waals surface area (Å²) in [5.41, 5.74) is 6.76. The molecule has 0 bridgehead atoms. The molecule has 0 saturated heterocycles. The predicted octanol–water partition coefficient (Wildman–Crippen LogP) is 2.81. The Morgan fingerprint density at radius 1 is 1.45 bits per heavy atom. The monoisotopic (exact) mass is 277 g/mol. The molecule has 0 spiro atoms. The maximum atomic E-state index is 6.03. The molecule has 1 aromatic rings. The van der Waals surface area contributed by atoms with E-state index in [9.17, 15) is 0 Å². The third-order valence-electron chi connectivity index (χ3n) is 4.59. The van der Waals surface area contributed by atoms with Gasteiger partial charge in [0.2, 0.25) is 0 Å². The van der Waals surface area contributed by atoms with Crippen molar-refractivity contribution in [3.05, 3.63) is 23.8 Å². The Morgan fingerprint density at radius 2 is 2.15 bits per heavy atom. The van der Waals surface area contributed by atoms with Crippen LogP contribution < -0.4 is 5.73 Å². The molecule has 4 nitrogen and oxygen atoms in total. The van der Waals surface area contributed by atoms with Gasteiger partial charge in [0, 0.05) is 31.5 Å². The van der Waals surface area contributed by atoms with Gasteiger partial charge in [0.1, 0.15) is 5.60 Å². The minimum absolute atomic E-state index is 0.169. The summed E-state index contributed by atoms with van der Waals surface area (Å²) in [5, 5.41) is 0. The molecular weight excluding hydrogens is 250 g/mol. The van der Waals surface area contributed by atoms with Gasteiger partial charge in [-0.1, -0.05) is 13.8 Å². The Bertz CT molecular complexity index is 427. The largest absolute Gasteiger partial charge is 0.370 e. The average molecular weight is 277 g/mol. The highest BCUT2D eigenvalue weighted by Crippen LogP contribution is 2.40. The van der Waals surface area contributed by atoms with Gasteiger partial charge in [0.25, 0.3) is 0 Å². The lowest BCUT2D eigenvalue weighted by molar-refractivity contribution is -0.0599. The van der Waals surface area contributed by atoms with E-state index in [4.69, 9.17) is 15.5 Å². The van der Waals surface area contributed by atoms with Crippen LogP contribution in [0.2, 0.25) is 0 Å². The Balaban J connectivity index is 2.20. The summed E-state index contributed by atoms with van der Waals surface area (Å²) in [7, 11) is 1.78. The molecule has 1 saturated carbocycles. The standard InChI is InChI=1S/C16H27N3O/c1-4-13(17)11-14-7-10-18-15(19-14)16(20-3)8-5-12(2)6-9-16/h7,10,12-13H,4-6,8-9,11,17H2,1-3H3. The van der Waals surface area contributed by atoms with Crippen LogP contribution >= 0.6 is 0 Å². The van der Waals surface area contributed by atoms with E-state index in [1.54, 1.807) is 7.11 Å². The molecule has 0 radical (unpaired) electrons. The number of rotatable bonds is 5. The highest BCUT2D eigenvalue weighted by atomic mass is 16.5. The summed E-state index contributed by atoms with van der Waals surface area (Å²) >= 11 is 0. The van der Waals surface area contributed by atoms with Crippen LogP contribution in [-0.4, -0.2) is 23.1 Å². The highest BCUT2D eigenvalue weighted by Gasteiger charge is 2.38. The zero-order valence-corrected chi connectivity index (χ0v) is 12.9. The molecule has 20 heavy (non-hydrogen) atoms. The topological polar surface area (TPSA) is 61.0 Å². The Morgan fingerprint density at radius 3 is 2.75 bits per heavy atom. The van der Waals surface area contributed by atoms with Crippen LogP contribution in [-0.2, 0) is 16.8 Å². The summed E-state index contributed by atoms with van der Waals surface area (Å²) in [6.45, 7) is 4.41. The summed E-state index contributed by atoms with van der Waals surface area (Å²) in [4.78, 5) is 9.22. The van der Waals surface area contributed by atoms with Crippen molar-refractivity contribution < 1.29 is 4.74 Å². The predicted molar refractivity (Wildman–Crippen MR) is 80.3 cm³/mol. The van der Waals surface area contributed by atoms with Gasteiger partial charge in [0.05, 0.1) is 0 Å². The van der Waals surface area contributed by atoms with Crippen molar-refractivity contribution in [2.45, 2.75) is 64.0 Å². The van der Waals surface area contributed by atoms with Crippen LogP contribution in [0.5, 0.6) is 0 Å². The second kappa shape index (κ2) is 6.64. The lowest BCUT2D eigenvalue weighted by atomic mass is 9.79. The van der Waals surface area contributed by atoms with Gasteiger partial charge in [-0.25, -0.2) is 9.97 Å². The summed E-state index contributed by atoms with van der Waals surface area (Å²) in [6, 6.07) is 2.14. The van der Waals surface area contributed by atoms with Gasteiger partial charge >= 0.3 is 0 Å². The third kappa shape index (κ3) is 3.36. The molecular formula is C16H27N3O. The van der Waals surface area contributed by atoms with Crippen molar-refractivity contribution in [2.24, 2.45) is 11.7 Å². The molecule has 1 atom stereocenters. The van der Waals surface area contributed by atoms with E-state index in [0.29, 0.717) is 0 Å². The van der Waals surface area contributed by atoms with Crippen LogP contribution in [0.3, 0.4) is 0 Å². The van der Waals surface area contributed by atoms with E-state index in [2.05, 4.69) is 18.8 Å². The number of hydrogen-bond donors (Lipinski definition) is 1. The SMILES string of the molecule is CCC(N)Cc1ccnc(C2(OC)CCC(C)CC2)n1. The zero-order chi connectivity index (χ0) is 14.6. The zero-order valence-electron chi connectivity index (χ0n) is 12.9. The van der Waals surface area contributed by atoms with Gasteiger partial charge in [-0.05, 0) is 44.1 Å². The molecule has 1 heterocycles. The van der Waals surface area contributed by atoms with Gasteiger partial charge in [0.15, 0.2) is 5.82 Å². The van der Waals surface area contributed by atoms with Gasteiger partial charge in [-0.15, -0.1) is 0 Å². The summed E-state index contributed by atoms with van der Waals surface area (Å²) in [5.74, 6) is 1.61. The Labute approximate surface area is 122 Å². The molecule has 2 N–H and O–H groups in total.